The predicted molar refractivity (Wildman–Crippen MR) is 259 cm³/mol. The van der Waals surface area contributed by atoms with Crippen molar-refractivity contribution in [3.8, 4) is 46.3 Å². The zero-order valence-corrected chi connectivity index (χ0v) is 45.1. The third-order valence-corrected chi connectivity index (χ3v) is 9.53. The Kier molecular flexibility index (Phi) is 26.9. The summed E-state index contributed by atoms with van der Waals surface area (Å²) in [5.74, 6) is 5.38. The van der Waals surface area contributed by atoms with Crippen LogP contribution in [0.15, 0.2) is 106 Å². The van der Waals surface area contributed by atoms with Gasteiger partial charge in [-0.05, 0) is 124 Å². The van der Waals surface area contributed by atoms with E-state index in [1.54, 1.807) is 46.9 Å². The van der Waals surface area contributed by atoms with Gasteiger partial charge in [0.25, 0.3) is 0 Å². The maximum atomic E-state index is 5.81. The Bertz CT molecular complexity index is 2230. The molecule has 0 bridgehead atoms. The van der Waals surface area contributed by atoms with Crippen LogP contribution in [-0.4, -0.2) is 72.9 Å². The number of hydrogen-bond donors (Lipinski definition) is 2. The number of rotatable bonds is 13. The number of nitrogens with zero attached hydrogens (tertiary/aromatic N) is 5. The van der Waals surface area contributed by atoms with Crippen molar-refractivity contribution in [2.45, 2.75) is 34.6 Å². The minimum absolute atomic E-state index is 0.157. The summed E-state index contributed by atoms with van der Waals surface area (Å²) < 4.78 is 33.6. The third-order valence-electron chi connectivity index (χ3n) is 8.26. The summed E-state index contributed by atoms with van der Waals surface area (Å²) in [7, 11) is 16.3. The van der Waals surface area contributed by atoms with Crippen LogP contribution in [0.3, 0.4) is 0 Å². The average Bonchev–Trinajstić information content (AvgIpc) is 3.28. The Hall–Kier alpha value is -4.15. The summed E-state index contributed by atoms with van der Waals surface area (Å²) in [4.78, 5) is 18.8. The molecule has 0 unspecified atom stereocenters. The molecule has 0 radical (unpaired) electrons. The molecule has 2 heterocycles. The topological polar surface area (TPSA) is 148 Å². The molecule has 0 saturated carbocycles. The van der Waals surface area contributed by atoms with Crippen LogP contribution in [0.5, 0.6) is 46.3 Å². The molecule has 63 heavy (non-hydrogen) atoms. The summed E-state index contributed by atoms with van der Waals surface area (Å²) in [5.41, 5.74) is 9.01. The maximum absolute atomic E-state index is 5.81. The van der Waals surface area contributed by atoms with Gasteiger partial charge in [-0.15, -0.1) is 0 Å². The first-order valence-electron chi connectivity index (χ1n) is 19.3. The fourth-order valence-electron chi connectivity index (χ4n) is 5.29. The molecule has 6 rings (SSSR count). The minimum atomic E-state index is -0.931. The van der Waals surface area contributed by atoms with Gasteiger partial charge in [0, 0.05) is 29.7 Å². The van der Waals surface area contributed by atoms with Gasteiger partial charge < -0.3 is 44.4 Å². The first-order chi connectivity index (χ1) is 30.3. The van der Waals surface area contributed by atoms with E-state index in [-0.39, 0.29) is 5.28 Å². The number of nitrogens with two attached hydrogens (primary N) is 1. The van der Waals surface area contributed by atoms with Crippen molar-refractivity contribution in [2.24, 2.45) is 0 Å². The molecule has 19 heteroatoms. The number of nitrogens with one attached hydrogen (secondary N) is 1. The van der Waals surface area contributed by atoms with Crippen molar-refractivity contribution in [2.75, 3.05) is 59.1 Å². The zero-order chi connectivity index (χ0) is 46.7. The zero-order valence-electron chi connectivity index (χ0n) is 36.7. The summed E-state index contributed by atoms with van der Waals surface area (Å²) in [6, 6.07) is 26.1. The second-order valence-corrected chi connectivity index (χ2v) is 19.1. The van der Waals surface area contributed by atoms with Gasteiger partial charge >= 0.3 is 34.5 Å². The van der Waals surface area contributed by atoms with E-state index in [2.05, 4.69) is 82.8 Å². The molecule has 0 aliphatic rings. The van der Waals surface area contributed by atoms with Gasteiger partial charge in [-0.1, -0.05) is 57.2 Å². The molecule has 0 amide bonds. The van der Waals surface area contributed by atoms with Gasteiger partial charge in [-0.25, -0.2) is 9.97 Å². The Labute approximate surface area is 408 Å². The number of halogens is 5. The predicted octanol–water partition coefficient (Wildman–Crippen LogP) is 13.1. The van der Waals surface area contributed by atoms with Crippen LogP contribution >= 0.6 is 62.8 Å². The Morgan fingerprint density at radius 1 is 0.651 bits per heavy atom. The number of methoxy groups -OCH3 is 4. The van der Waals surface area contributed by atoms with Crippen LogP contribution in [0.4, 0.5) is 17.3 Å². The number of anilines is 3. The van der Waals surface area contributed by atoms with Crippen LogP contribution < -0.4 is 39.5 Å². The second-order valence-electron chi connectivity index (χ2n) is 12.4. The van der Waals surface area contributed by atoms with Gasteiger partial charge in [-0.3, -0.25) is 0 Å². The molecular formula is C44H52Br2Cl3N7O6Zn. The van der Waals surface area contributed by atoms with E-state index in [1.807, 2.05) is 92.7 Å². The van der Waals surface area contributed by atoms with Crippen LogP contribution in [0, 0.1) is 13.8 Å². The standard InChI is InChI=1S/C19H18BrN3O3.C10H6BrClN2O.C9H13NO2.C6H15N.2ClH.Zn/c1-12-9-13(10-16(24-2)17(12)25-3)22-19-21-11-15(20)18(23-19)26-14-7-5-4-6-8-14;11-8-6-13-10(12)14-9(8)15-7-4-2-1-3-5-7;1-6-4-7(10)5-8(11-2)9(6)12-3;1-4-7(5-2)6-3;;;/h4-11H,1-3H3,(H,21,22,23);1-6H;4-5H,10H2,1-3H3;4-6H2,1-3H3;2*1H;/q;;;;;;+2/p-2. The van der Waals surface area contributed by atoms with Gasteiger partial charge in [0.2, 0.25) is 23.0 Å². The molecule has 6 aromatic rings. The molecule has 0 spiro atoms. The van der Waals surface area contributed by atoms with Crippen molar-refractivity contribution in [1.82, 2.24) is 24.8 Å². The van der Waals surface area contributed by atoms with E-state index in [4.69, 9.17) is 65.1 Å². The third kappa shape index (κ3) is 19.6. The van der Waals surface area contributed by atoms with E-state index in [9.17, 15) is 0 Å². The fourth-order valence-corrected chi connectivity index (χ4v) is 5.96. The Morgan fingerprint density at radius 2 is 1.10 bits per heavy atom. The molecule has 3 N–H and O–H groups in total. The molecule has 0 aliphatic carbocycles. The average molecular weight is 1110 g/mol. The quantitative estimate of drug-likeness (QED) is 0.0643. The van der Waals surface area contributed by atoms with E-state index in [0.717, 1.165) is 22.6 Å². The van der Waals surface area contributed by atoms with E-state index in [0.29, 0.717) is 61.1 Å². The van der Waals surface area contributed by atoms with Crippen molar-refractivity contribution < 1.29 is 43.6 Å². The van der Waals surface area contributed by atoms with E-state index in [1.165, 1.54) is 19.6 Å². The van der Waals surface area contributed by atoms with Crippen molar-refractivity contribution >= 4 is 80.2 Å². The number of nitrogen functional groups attached to an aromatic ring is 1. The molecule has 0 saturated heterocycles. The van der Waals surface area contributed by atoms with Crippen molar-refractivity contribution in [3.05, 3.63) is 123 Å². The molecule has 0 fully saturated rings. The molecule has 13 nitrogen and oxygen atoms in total. The second kappa shape index (κ2) is 30.9. The number of aromatic nitrogens is 4. The molecule has 2 aromatic heterocycles. The van der Waals surface area contributed by atoms with Crippen LogP contribution in [0.2, 0.25) is 5.28 Å². The summed E-state index contributed by atoms with van der Waals surface area (Å²) in [6.07, 6.45) is 3.19. The molecule has 0 atom stereocenters. The monoisotopic (exact) mass is 1100 g/mol. The van der Waals surface area contributed by atoms with Crippen LogP contribution in [-0.2, 0) is 15.1 Å². The molecular weight excluding hydrogens is 1050 g/mol. The molecule has 4 aromatic carbocycles. The number of benzene rings is 4. The number of para-hydroxylation sites is 2. The van der Waals surface area contributed by atoms with Gasteiger partial charge in [0.05, 0.1) is 43.6 Å². The van der Waals surface area contributed by atoms with Gasteiger partial charge in [0.1, 0.15) is 11.5 Å². The first-order valence-corrected chi connectivity index (χ1v) is 29.1. The number of hydrogen-bond acceptors (Lipinski definition) is 13. The van der Waals surface area contributed by atoms with E-state index >= 15 is 0 Å². The first kappa shape index (κ1) is 55.0. The summed E-state index contributed by atoms with van der Waals surface area (Å²) in [6.45, 7) is 14.0. The molecule has 336 valence electrons. The van der Waals surface area contributed by atoms with Gasteiger partial charge in [-0.2, -0.15) is 9.97 Å². The van der Waals surface area contributed by atoms with Gasteiger partial charge in [0.15, 0.2) is 23.0 Å². The fraction of sp³-hybridized carbons (Fsp3) is 0.273. The van der Waals surface area contributed by atoms with E-state index < -0.39 is 15.1 Å². The molecule has 0 aliphatic heterocycles. The van der Waals surface area contributed by atoms with Crippen molar-refractivity contribution in [1.29, 1.82) is 0 Å². The SMILES string of the molecule is CCN(CC)CC.COc1cc(N)cc(C)c1OC.COc1cc(Nc2ncc(Br)c(Oc3ccccc3)n2)cc(C)c1OC.Clc1ncc(Br)c(Oc2ccccc2)n1.[Cl][Zn][Cl]. The normalized spacial score (nSPS) is 9.76. The van der Waals surface area contributed by atoms with Crippen LogP contribution in [0.1, 0.15) is 31.9 Å². The summed E-state index contributed by atoms with van der Waals surface area (Å²) in [5, 5.41) is 3.32. The summed E-state index contributed by atoms with van der Waals surface area (Å²) >= 11 is 11.4. The Balaban J connectivity index is 0.000000313. The number of aryl methyl sites for hydroxylation is 2. The van der Waals surface area contributed by atoms with Crippen LogP contribution in [0.25, 0.3) is 0 Å². The Morgan fingerprint density at radius 3 is 1.54 bits per heavy atom. The number of ether oxygens (including phenoxy) is 6. The van der Waals surface area contributed by atoms with Crippen molar-refractivity contribution in [3.63, 3.8) is 0 Å².